The third-order valence-electron chi connectivity index (χ3n) is 6.80. The van der Waals surface area contributed by atoms with Gasteiger partial charge < -0.3 is 24.8 Å². The van der Waals surface area contributed by atoms with Crippen molar-refractivity contribution >= 4 is 23.2 Å². The third kappa shape index (κ3) is 3.81. The maximum atomic E-state index is 12.1. The summed E-state index contributed by atoms with van der Waals surface area (Å²) in [6, 6.07) is 14.1. The van der Waals surface area contributed by atoms with Crippen molar-refractivity contribution in [1.82, 2.24) is 9.80 Å². The first-order chi connectivity index (χ1) is 15.5. The Morgan fingerprint density at radius 3 is 2.78 bits per heavy atom. The van der Waals surface area contributed by atoms with Crippen LogP contribution in [-0.2, 0) is 4.79 Å². The highest BCUT2D eigenvalue weighted by atomic mass is 16.5. The number of nitrogens with one attached hydrogen (secondary N) is 1. The molecule has 2 aromatic rings. The number of hydrogen-bond donors (Lipinski definition) is 1. The van der Waals surface area contributed by atoms with Gasteiger partial charge in [-0.25, -0.2) is 0 Å². The lowest BCUT2D eigenvalue weighted by molar-refractivity contribution is -0.115. The quantitative estimate of drug-likeness (QED) is 0.709. The molecule has 5 rings (SSSR count). The molecule has 0 saturated carbocycles. The topological polar surface area (TPSA) is 65.1 Å². The maximum Gasteiger partial charge on any atom is 0.253 e. The number of carbonyl (C=O) groups is 2. The van der Waals surface area contributed by atoms with Gasteiger partial charge in [0.2, 0.25) is 5.91 Å². The lowest BCUT2D eigenvalue weighted by Gasteiger charge is -2.39. The normalized spacial score (nSPS) is 21.6. The van der Waals surface area contributed by atoms with Gasteiger partial charge >= 0.3 is 0 Å². The molecule has 0 unspecified atom stereocenters. The molecular weight excluding hydrogens is 404 g/mol. The molecule has 3 heterocycles. The average Bonchev–Trinajstić information content (AvgIpc) is 3.11. The number of rotatable bonds is 6. The number of ether oxygens (including phenoxy) is 1. The number of para-hydroxylation sites is 1. The maximum absolute atomic E-state index is 12.1. The predicted molar refractivity (Wildman–Crippen MR) is 125 cm³/mol. The summed E-state index contributed by atoms with van der Waals surface area (Å²) >= 11 is 0. The van der Waals surface area contributed by atoms with E-state index >= 15 is 0 Å². The van der Waals surface area contributed by atoms with Crippen molar-refractivity contribution < 1.29 is 14.3 Å². The SMILES string of the molecule is CN(C)C(=O)c1ccc(OCCCN2CC[C@H]3[C@@H](C2)c2cccc4c2N3CC(=O)N4)cc1. The van der Waals surface area contributed by atoms with E-state index < -0.39 is 0 Å². The van der Waals surface area contributed by atoms with Gasteiger partial charge in [0, 0.05) is 51.3 Å². The summed E-state index contributed by atoms with van der Waals surface area (Å²) in [4.78, 5) is 30.5. The molecule has 1 N–H and O–H groups in total. The number of likely N-dealkylation sites (tertiary alicyclic amines) is 1. The van der Waals surface area contributed by atoms with Gasteiger partial charge in [-0.05, 0) is 48.7 Å². The molecule has 168 valence electrons. The molecule has 0 aromatic heterocycles. The Labute approximate surface area is 188 Å². The molecule has 7 heteroatoms. The summed E-state index contributed by atoms with van der Waals surface area (Å²) in [5.74, 6) is 1.33. The zero-order valence-electron chi connectivity index (χ0n) is 18.7. The number of hydrogen-bond acceptors (Lipinski definition) is 5. The Morgan fingerprint density at radius 1 is 1.19 bits per heavy atom. The highest BCUT2D eigenvalue weighted by Gasteiger charge is 2.44. The van der Waals surface area contributed by atoms with Crippen molar-refractivity contribution in [3.8, 4) is 5.75 Å². The summed E-state index contributed by atoms with van der Waals surface area (Å²) in [7, 11) is 3.50. The van der Waals surface area contributed by atoms with Gasteiger partial charge in [0.1, 0.15) is 5.75 Å². The summed E-state index contributed by atoms with van der Waals surface area (Å²) in [6.45, 7) is 4.18. The largest absolute Gasteiger partial charge is 0.494 e. The summed E-state index contributed by atoms with van der Waals surface area (Å²) < 4.78 is 5.90. The van der Waals surface area contributed by atoms with Crippen LogP contribution in [0.4, 0.5) is 11.4 Å². The van der Waals surface area contributed by atoms with Crippen LogP contribution in [0.25, 0.3) is 0 Å². The van der Waals surface area contributed by atoms with Crippen molar-refractivity contribution in [3.63, 3.8) is 0 Å². The number of anilines is 2. The van der Waals surface area contributed by atoms with Crippen LogP contribution >= 0.6 is 0 Å². The number of nitrogens with zero attached hydrogens (tertiary/aromatic N) is 3. The van der Waals surface area contributed by atoms with Gasteiger partial charge in [-0.15, -0.1) is 0 Å². The standard InChI is InChI=1S/C25H30N4O3/c1-27(2)25(31)17-7-9-18(10-8-17)32-14-4-12-28-13-11-22-20(15-28)19-5-3-6-21-24(19)29(22)16-23(30)26-21/h3,5-10,20,22H,4,11-16H2,1-2H3,(H,26,30)/t20-,22-/m0/s1. The Kier molecular flexibility index (Phi) is 5.51. The number of fused-ring (bicyclic) bond motifs is 3. The minimum absolute atomic E-state index is 0.00497. The smallest absolute Gasteiger partial charge is 0.253 e. The van der Waals surface area contributed by atoms with Gasteiger partial charge in [0.05, 0.1) is 24.5 Å². The molecule has 3 aliphatic rings. The van der Waals surface area contributed by atoms with Crippen LogP contribution in [-0.4, -0.2) is 74.5 Å². The zero-order valence-corrected chi connectivity index (χ0v) is 18.7. The molecule has 3 aliphatic heterocycles. The molecule has 2 atom stereocenters. The van der Waals surface area contributed by atoms with Gasteiger partial charge in [-0.1, -0.05) is 12.1 Å². The lowest BCUT2D eigenvalue weighted by atomic mass is 9.89. The van der Waals surface area contributed by atoms with E-state index in [0.29, 0.717) is 30.7 Å². The highest BCUT2D eigenvalue weighted by Crippen LogP contribution is 2.49. The van der Waals surface area contributed by atoms with E-state index in [0.717, 1.165) is 43.9 Å². The molecule has 0 spiro atoms. The van der Waals surface area contributed by atoms with Gasteiger partial charge in [0.25, 0.3) is 5.91 Å². The van der Waals surface area contributed by atoms with Crippen molar-refractivity contribution in [2.45, 2.75) is 24.8 Å². The van der Waals surface area contributed by atoms with Crippen molar-refractivity contribution in [2.75, 3.05) is 57.1 Å². The van der Waals surface area contributed by atoms with Gasteiger partial charge in [-0.2, -0.15) is 0 Å². The minimum Gasteiger partial charge on any atom is -0.494 e. The number of carbonyl (C=O) groups excluding carboxylic acids is 2. The second kappa shape index (κ2) is 8.47. The number of amides is 2. The fourth-order valence-electron chi connectivity index (χ4n) is 5.31. The van der Waals surface area contributed by atoms with Crippen LogP contribution in [0.15, 0.2) is 42.5 Å². The van der Waals surface area contributed by atoms with Crippen LogP contribution in [0, 0.1) is 0 Å². The first-order valence-corrected chi connectivity index (χ1v) is 11.4. The Bertz CT molecular complexity index is 1020. The van der Waals surface area contributed by atoms with E-state index in [1.54, 1.807) is 19.0 Å². The Hall–Kier alpha value is -3.06. The molecular formula is C25H30N4O3. The first kappa shape index (κ1) is 20.8. The molecule has 0 aliphatic carbocycles. The van der Waals surface area contributed by atoms with E-state index in [1.807, 2.05) is 30.3 Å². The molecule has 1 saturated heterocycles. The van der Waals surface area contributed by atoms with Gasteiger partial charge in [-0.3, -0.25) is 9.59 Å². The van der Waals surface area contributed by atoms with E-state index in [1.165, 1.54) is 11.3 Å². The second-order valence-electron chi connectivity index (χ2n) is 9.11. The molecule has 0 bridgehead atoms. The Balaban J connectivity index is 1.14. The fraction of sp³-hybridized carbons (Fsp3) is 0.440. The van der Waals surface area contributed by atoms with Crippen molar-refractivity contribution in [1.29, 1.82) is 0 Å². The minimum atomic E-state index is -0.00497. The predicted octanol–water partition coefficient (Wildman–Crippen LogP) is 2.79. The first-order valence-electron chi connectivity index (χ1n) is 11.4. The van der Waals surface area contributed by atoms with Crippen molar-refractivity contribution in [3.05, 3.63) is 53.6 Å². The monoisotopic (exact) mass is 434 g/mol. The highest BCUT2D eigenvalue weighted by molar-refractivity contribution is 6.03. The molecule has 1 fully saturated rings. The van der Waals surface area contributed by atoms with Crippen LogP contribution in [0.1, 0.15) is 34.7 Å². The zero-order chi connectivity index (χ0) is 22.2. The van der Waals surface area contributed by atoms with Crippen LogP contribution in [0.2, 0.25) is 0 Å². The molecule has 7 nitrogen and oxygen atoms in total. The number of benzene rings is 2. The molecule has 0 radical (unpaired) electrons. The number of piperidine rings is 1. The fourth-order valence-corrected chi connectivity index (χ4v) is 5.31. The molecule has 2 aromatic carbocycles. The third-order valence-corrected chi connectivity index (χ3v) is 6.80. The summed E-state index contributed by atoms with van der Waals surface area (Å²) in [5.41, 5.74) is 4.25. The van der Waals surface area contributed by atoms with Gasteiger partial charge in [0.15, 0.2) is 0 Å². The molecule has 2 amide bonds. The van der Waals surface area contributed by atoms with Crippen LogP contribution < -0.4 is 15.0 Å². The van der Waals surface area contributed by atoms with Crippen molar-refractivity contribution in [2.24, 2.45) is 0 Å². The summed E-state index contributed by atoms with van der Waals surface area (Å²) in [5, 5.41) is 3.03. The van der Waals surface area contributed by atoms with E-state index in [4.69, 9.17) is 4.74 Å². The summed E-state index contributed by atoms with van der Waals surface area (Å²) in [6.07, 6.45) is 2.03. The second-order valence-corrected chi connectivity index (χ2v) is 9.11. The van der Waals surface area contributed by atoms with Crippen LogP contribution in [0.5, 0.6) is 5.75 Å². The van der Waals surface area contributed by atoms with E-state index in [9.17, 15) is 9.59 Å². The van der Waals surface area contributed by atoms with Crippen LogP contribution in [0.3, 0.4) is 0 Å². The van der Waals surface area contributed by atoms with E-state index in [2.05, 4.69) is 27.2 Å². The van der Waals surface area contributed by atoms with E-state index in [-0.39, 0.29) is 11.8 Å². The average molecular weight is 435 g/mol. The lowest BCUT2D eigenvalue weighted by Crippen LogP contribution is -2.49. The Morgan fingerprint density at radius 2 is 2.00 bits per heavy atom. The molecule has 32 heavy (non-hydrogen) atoms.